The molecule has 1 aliphatic rings. The molecule has 152 valence electrons. The lowest BCUT2D eigenvalue weighted by atomic mass is 9.98. The number of carbonyl (C=O) groups excluding carboxylic acids is 2. The summed E-state index contributed by atoms with van der Waals surface area (Å²) in [7, 11) is 0. The van der Waals surface area contributed by atoms with Gasteiger partial charge in [0.05, 0.1) is 11.0 Å². The maximum atomic E-state index is 12.6. The molecule has 8 nitrogen and oxygen atoms in total. The molecule has 1 aliphatic heterocycles. The summed E-state index contributed by atoms with van der Waals surface area (Å²) in [5.74, 6) is -0.902. The lowest BCUT2D eigenvalue weighted by Crippen LogP contribution is -2.19. The summed E-state index contributed by atoms with van der Waals surface area (Å²) in [6, 6.07) is 7.99. The van der Waals surface area contributed by atoms with Gasteiger partial charge in [-0.1, -0.05) is 26.0 Å². The minimum absolute atomic E-state index is 0.194. The van der Waals surface area contributed by atoms with Crippen LogP contribution in [0.4, 0.5) is 5.69 Å². The van der Waals surface area contributed by atoms with Crippen molar-refractivity contribution in [3.05, 3.63) is 62.7 Å². The van der Waals surface area contributed by atoms with Crippen molar-refractivity contribution in [2.24, 2.45) is 0 Å². The van der Waals surface area contributed by atoms with E-state index in [-0.39, 0.29) is 36.1 Å². The molecule has 8 heteroatoms. The fraction of sp³-hybridized carbons (Fsp3) is 0.333. The summed E-state index contributed by atoms with van der Waals surface area (Å²) in [6.07, 6.45) is 1.43. The van der Waals surface area contributed by atoms with Gasteiger partial charge in [0.25, 0.3) is 5.69 Å². The molecule has 1 heterocycles. The minimum atomic E-state index is -0.966. The first-order valence-corrected chi connectivity index (χ1v) is 9.34. The van der Waals surface area contributed by atoms with Crippen LogP contribution in [-0.4, -0.2) is 36.5 Å². The normalized spacial score (nSPS) is 12.3. The van der Waals surface area contributed by atoms with Gasteiger partial charge in [-0.05, 0) is 30.0 Å². The lowest BCUT2D eigenvalue weighted by molar-refractivity contribution is -0.385. The lowest BCUT2D eigenvalue weighted by Gasteiger charge is -2.18. The smallest absolute Gasteiger partial charge is 0.345 e. The zero-order chi connectivity index (χ0) is 21.0. The van der Waals surface area contributed by atoms with Gasteiger partial charge in [0.2, 0.25) is 5.78 Å². The van der Waals surface area contributed by atoms with E-state index in [1.54, 1.807) is 6.07 Å². The largest absolute Gasteiger partial charge is 0.486 e. The van der Waals surface area contributed by atoms with Gasteiger partial charge in [0.15, 0.2) is 18.1 Å². The first-order valence-electron chi connectivity index (χ1n) is 9.34. The average molecular weight is 399 g/mol. The van der Waals surface area contributed by atoms with Crippen LogP contribution in [0.25, 0.3) is 0 Å². The number of ketones is 1. The third-order valence-corrected chi connectivity index (χ3v) is 4.68. The van der Waals surface area contributed by atoms with Crippen molar-refractivity contribution in [2.75, 3.05) is 19.8 Å². The summed E-state index contributed by atoms with van der Waals surface area (Å²) < 4.78 is 15.8. The highest BCUT2D eigenvalue weighted by molar-refractivity contribution is 6.01. The maximum Gasteiger partial charge on any atom is 0.345 e. The van der Waals surface area contributed by atoms with Crippen LogP contribution in [0, 0.1) is 10.1 Å². The number of carbonyl (C=O) groups is 2. The maximum absolute atomic E-state index is 12.6. The Morgan fingerprint density at radius 2 is 1.72 bits per heavy atom. The molecule has 0 saturated carbocycles. The van der Waals surface area contributed by atoms with Gasteiger partial charge in [-0.15, -0.1) is 0 Å². The van der Waals surface area contributed by atoms with Crippen LogP contribution < -0.4 is 9.47 Å². The Kier molecular flexibility index (Phi) is 6.11. The molecule has 0 unspecified atom stereocenters. The number of benzene rings is 2. The number of esters is 1. The Morgan fingerprint density at radius 1 is 1.03 bits per heavy atom. The number of nitro groups is 1. The van der Waals surface area contributed by atoms with Crippen LogP contribution in [0.1, 0.15) is 45.7 Å². The average Bonchev–Trinajstić information content (AvgIpc) is 2.75. The van der Waals surface area contributed by atoms with E-state index in [1.165, 1.54) is 6.07 Å². The van der Waals surface area contributed by atoms with E-state index in [4.69, 9.17) is 14.2 Å². The second kappa shape index (κ2) is 8.72. The number of hydrogen-bond acceptors (Lipinski definition) is 7. The highest BCUT2D eigenvalue weighted by atomic mass is 16.6. The molecule has 29 heavy (non-hydrogen) atoms. The number of nitro benzene ring substituents is 1. The fourth-order valence-electron chi connectivity index (χ4n) is 3.09. The molecule has 0 amide bonds. The van der Waals surface area contributed by atoms with E-state index >= 15 is 0 Å². The molecule has 0 aromatic heterocycles. The zero-order valence-corrected chi connectivity index (χ0v) is 16.2. The number of ether oxygens (including phenoxy) is 3. The molecular weight excluding hydrogens is 378 g/mol. The number of Topliss-reactive ketones (excluding diaryl/α,β-unsaturated/α-hetero) is 1. The summed E-state index contributed by atoms with van der Waals surface area (Å²) in [4.78, 5) is 35.8. The molecule has 0 atom stereocenters. The van der Waals surface area contributed by atoms with Gasteiger partial charge in [-0.3, -0.25) is 14.9 Å². The highest BCUT2D eigenvalue weighted by Gasteiger charge is 2.28. The predicted octanol–water partition coefficient (Wildman–Crippen LogP) is 3.53. The molecule has 0 saturated heterocycles. The molecule has 0 fully saturated rings. The third-order valence-electron chi connectivity index (χ3n) is 4.68. The Balaban J connectivity index is 1.81. The van der Waals surface area contributed by atoms with Gasteiger partial charge in [-0.25, -0.2) is 4.79 Å². The van der Waals surface area contributed by atoms with E-state index in [2.05, 4.69) is 0 Å². The quantitative estimate of drug-likeness (QED) is 0.303. The molecular formula is C21H21NO7. The molecule has 3 rings (SSSR count). The summed E-state index contributed by atoms with van der Waals surface area (Å²) in [5, 5.41) is 11.4. The molecule has 0 radical (unpaired) electrons. The zero-order valence-electron chi connectivity index (χ0n) is 16.2. The van der Waals surface area contributed by atoms with Crippen LogP contribution >= 0.6 is 0 Å². The topological polar surface area (TPSA) is 105 Å². The van der Waals surface area contributed by atoms with Crippen LogP contribution in [0.15, 0.2) is 30.3 Å². The van der Waals surface area contributed by atoms with Crippen molar-refractivity contribution in [1.29, 1.82) is 0 Å². The fourth-order valence-corrected chi connectivity index (χ4v) is 3.09. The van der Waals surface area contributed by atoms with Crippen LogP contribution in [0.3, 0.4) is 0 Å². The third kappa shape index (κ3) is 4.37. The molecule has 0 bridgehead atoms. The predicted molar refractivity (Wildman–Crippen MR) is 104 cm³/mol. The van der Waals surface area contributed by atoms with E-state index in [9.17, 15) is 19.7 Å². The van der Waals surface area contributed by atoms with Gasteiger partial charge >= 0.3 is 5.97 Å². The number of nitrogens with zero attached hydrogens (tertiary/aromatic N) is 1. The second-order valence-corrected chi connectivity index (χ2v) is 6.47. The van der Waals surface area contributed by atoms with E-state index < -0.39 is 23.2 Å². The van der Waals surface area contributed by atoms with Gasteiger partial charge in [0, 0.05) is 11.6 Å². The van der Waals surface area contributed by atoms with Crippen LogP contribution in [0.5, 0.6) is 11.5 Å². The van der Waals surface area contributed by atoms with Gasteiger partial charge in [0.1, 0.15) is 18.8 Å². The Labute approximate surface area is 167 Å². The van der Waals surface area contributed by atoms with Gasteiger partial charge in [-0.2, -0.15) is 0 Å². The number of aryl methyl sites for hydroxylation is 2. The summed E-state index contributed by atoms with van der Waals surface area (Å²) >= 11 is 0. The minimum Gasteiger partial charge on any atom is -0.486 e. The molecule has 0 aliphatic carbocycles. The Bertz CT molecular complexity index is 968. The summed E-state index contributed by atoms with van der Waals surface area (Å²) in [6.45, 7) is 3.94. The van der Waals surface area contributed by atoms with E-state index in [0.29, 0.717) is 12.0 Å². The molecule has 2 aromatic carbocycles. The van der Waals surface area contributed by atoms with Crippen molar-refractivity contribution < 1.29 is 28.7 Å². The second-order valence-electron chi connectivity index (χ2n) is 6.47. The van der Waals surface area contributed by atoms with Crippen molar-refractivity contribution in [1.82, 2.24) is 0 Å². The van der Waals surface area contributed by atoms with Crippen molar-refractivity contribution >= 4 is 17.4 Å². The Hall–Kier alpha value is -3.42. The van der Waals surface area contributed by atoms with E-state index in [1.807, 2.05) is 26.0 Å². The number of rotatable bonds is 7. The molecule has 0 spiro atoms. The van der Waals surface area contributed by atoms with Crippen molar-refractivity contribution in [3.8, 4) is 11.5 Å². The molecule has 0 N–H and O–H groups in total. The van der Waals surface area contributed by atoms with Crippen LogP contribution in [-0.2, 0) is 17.6 Å². The number of fused-ring (bicyclic) bond motifs is 1. The van der Waals surface area contributed by atoms with Crippen molar-refractivity contribution in [2.45, 2.75) is 26.7 Å². The van der Waals surface area contributed by atoms with Gasteiger partial charge < -0.3 is 14.2 Å². The summed E-state index contributed by atoms with van der Waals surface area (Å²) in [5.41, 5.74) is 1.60. The number of hydrogen-bond donors (Lipinski definition) is 0. The first kappa shape index (κ1) is 20.3. The monoisotopic (exact) mass is 399 g/mol. The highest BCUT2D eigenvalue weighted by Crippen LogP contribution is 2.36. The SMILES string of the molecule is CCc1ccc(CC)c(C(=O)COC(=O)c2cc3c(cc2[N+](=O)[O-])OCCO3)c1. The first-order chi connectivity index (χ1) is 13.9. The molecule has 2 aromatic rings. The Morgan fingerprint density at radius 3 is 2.34 bits per heavy atom. The van der Waals surface area contributed by atoms with Crippen molar-refractivity contribution in [3.63, 3.8) is 0 Å². The standard InChI is InChI=1S/C21H21NO7/c1-3-13-5-6-14(4-2)15(9-13)18(23)12-29-21(24)16-10-19-20(28-8-7-27-19)11-17(16)22(25)26/h5-6,9-11H,3-4,7-8,12H2,1-2H3. The van der Waals surface area contributed by atoms with Crippen LogP contribution in [0.2, 0.25) is 0 Å². The van der Waals surface area contributed by atoms with E-state index in [0.717, 1.165) is 23.6 Å².